The molecular formula is C26H27N3O4. The highest BCUT2D eigenvalue weighted by molar-refractivity contribution is 5.98. The number of amides is 2. The van der Waals surface area contributed by atoms with E-state index in [0.29, 0.717) is 50.1 Å². The molecule has 7 nitrogen and oxygen atoms in total. The van der Waals surface area contributed by atoms with Gasteiger partial charge in [-0.1, -0.05) is 30.3 Å². The molecule has 7 heteroatoms. The zero-order valence-corrected chi connectivity index (χ0v) is 18.6. The molecule has 1 saturated heterocycles. The van der Waals surface area contributed by atoms with Gasteiger partial charge in [0.2, 0.25) is 0 Å². The summed E-state index contributed by atoms with van der Waals surface area (Å²) >= 11 is 0. The number of phenols is 1. The highest BCUT2D eigenvalue weighted by atomic mass is 16.3. The molecule has 1 unspecified atom stereocenters. The predicted molar refractivity (Wildman–Crippen MR) is 124 cm³/mol. The molecule has 2 aliphatic rings. The number of hydrogen-bond acceptors (Lipinski definition) is 5. The van der Waals surface area contributed by atoms with Crippen LogP contribution in [0.3, 0.4) is 0 Å². The van der Waals surface area contributed by atoms with Gasteiger partial charge in [-0.25, -0.2) is 0 Å². The number of phenolic OH excluding ortho intramolecular Hbond substituents is 1. The van der Waals surface area contributed by atoms with Crippen molar-refractivity contribution in [2.24, 2.45) is 0 Å². The molecular weight excluding hydrogens is 418 g/mol. The van der Waals surface area contributed by atoms with Gasteiger partial charge in [0.05, 0.1) is 23.9 Å². The second-order valence-electron chi connectivity index (χ2n) is 8.67. The third-order valence-electron chi connectivity index (χ3n) is 6.63. The maximum absolute atomic E-state index is 13.3. The Kier molecular flexibility index (Phi) is 5.54. The zero-order valence-electron chi connectivity index (χ0n) is 18.6. The van der Waals surface area contributed by atoms with Crippen LogP contribution in [0.4, 0.5) is 5.69 Å². The summed E-state index contributed by atoms with van der Waals surface area (Å²) in [6.45, 7) is 4.44. The number of carbonyl (C=O) groups excluding carboxylic acids is 2. The van der Waals surface area contributed by atoms with Crippen LogP contribution in [0.5, 0.6) is 5.75 Å². The molecule has 0 aliphatic carbocycles. The van der Waals surface area contributed by atoms with Gasteiger partial charge in [0.15, 0.2) is 0 Å². The number of anilines is 1. The molecule has 2 aromatic carbocycles. The van der Waals surface area contributed by atoms with Crippen LogP contribution >= 0.6 is 0 Å². The lowest BCUT2D eigenvalue weighted by molar-refractivity contribution is 0.0532. The molecule has 0 saturated carbocycles. The van der Waals surface area contributed by atoms with Gasteiger partial charge < -0.3 is 24.2 Å². The first-order chi connectivity index (χ1) is 16.0. The van der Waals surface area contributed by atoms with E-state index < -0.39 is 0 Å². The summed E-state index contributed by atoms with van der Waals surface area (Å²) in [7, 11) is 0. The van der Waals surface area contributed by atoms with Crippen molar-refractivity contribution in [3.63, 3.8) is 0 Å². The predicted octanol–water partition coefficient (Wildman–Crippen LogP) is 3.53. The molecule has 0 bridgehead atoms. The molecule has 0 radical (unpaired) electrons. The second kappa shape index (κ2) is 8.65. The van der Waals surface area contributed by atoms with Gasteiger partial charge in [-0.2, -0.15) is 0 Å². The smallest absolute Gasteiger partial charge is 0.257 e. The van der Waals surface area contributed by atoms with E-state index in [2.05, 4.69) is 30.0 Å². The summed E-state index contributed by atoms with van der Waals surface area (Å²) in [5.74, 6) is 0.345. The van der Waals surface area contributed by atoms with Gasteiger partial charge in [0.25, 0.3) is 11.8 Å². The largest absolute Gasteiger partial charge is 0.507 e. The van der Waals surface area contributed by atoms with Crippen molar-refractivity contribution in [1.82, 2.24) is 9.80 Å². The number of fused-ring (bicyclic) bond motifs is 1. The first-order valence-corrected chi connectivity index (χ1v) is 11.3. The minimum absolute atomic E-state index is 0.0261. The number of furan rings is 1. The number of aromatic hydroxyl groups is 1. The fourth-order valence-corrected chi connectivity index (χ4v) is 4.79. The maximum Gasteiger partial charge on any atom is 0.257 e. The zero-order chi connectivity index (χ0) is 22.9. The second-order valence-corrected chi connectivity index (χ2v) is 8.67. The van der Waals surface area contributed by atoms with Crippen molar-refractivity contribution in [3.05, 3.63) is 83.3 Å². The molecule has 1 aromatic heterocycles. The number of rotatable bonds is 4. The standard InChI is InChI=1S/C26H27N3O4/c1-18-16-19-6-2-4-8-22(19)29(18)17-24-21(10-15-33-24)26(32)28-13-11-27(12-14-28)25(31)20-7-3-5-9-23(20)30/h2-10,15,18,30H,11-14,16-17H2,1H3. The van der Waals surface area contributed by atoms with Crippen LogP contribution in [0.25, 0.3) is 0 Å². The normalized spacial score (nSPS) is 17.8. The Hall–Kier alpha value is -3.74. The number of carbonyl (C=O) groups is 2. The van der Waals surface area contributed by atoms with Gasteiger partial charge in [-0.3, -0.25) is 9.59 Å². The molecule has 5 rings (SSSR count). The van der Waals surface area contributed by atoms with Gasteiger partial charge in [0, 0.05) is 37.9 Å². The van der Waals surface area contributed by atoms with Crippen LogP contribution in [0.15, 0.2) is 65.3 Å². The molecule has 2 aliphatic heterocycles. The quantitative estimate of drug-likeness (QED) is 0.665. The van der Waals surface area contributed by atoms with Crippen molar-refractivity contribution in [3.8, 4) is 5.75 Å². The Morgan fingerprint density at radius 2 is 1.55 bits per heavy atom. The van der Waals surface area contributed by atoms with E-state index in [1.807, 2.05) is 6.07 Å². The van der Waals surface area contributed by atoms with Crippen LogP contribution in [0.1, 0.15) is 39.0 Å². The fourth-order valence-electron chi connectivity index (χ4n) is 4.79. The van der Waals surface area contributed by atoms with Gasteiger partial charge >= 0.3 is 0 Å². The molecule has 1 atom stereocenters. The molecule has 1 N–H and O–H groups in total. The molecule has 1 fully saturated rings. The van der Waals surface area contributed by atoms with E-state index in [1.54, 1.807) is 40.3 Å². The minimum atomic E-state index is -0.217. The Bertz CT molecular complexity index is 1180. The summed E-state index contributed by atoms with van der Waals surface area (Å²) in [6, 6.07) is 17.0. The first-order valence-electron chi connectivity index (χ1n) is 11.3. The monoisotopic (exact) mass is 445 g/mol. The van der Waals surface area contributed by atoms with Crippen LogP contribution in [-0.4, -0.2) is 58.9 Å². The third kappa shape index (κ3) is 3.95. The number of nitrogens with zero attached hydrogens (tertiary/aromatic N) is 3. The lowest BCUT2D eigenvalue weighted by atomic mass is 10.1. The summed E-state index contributed by atoms with van der Waals surface area (Å²) in [6.07, 6.45) is 2.56. The van der Waals surface area contributed by atoms with Crippen LogP contribution in [0.2, 0.25) is 0 Å². The SMILES string of the molecule is CC1Cc2ccccc2N1Cc1occc1C(=O)N1CCN(C(=O)c2ccccc2O)CC1. The number of para-hydroxylation sites is 2. The minimum Gasteiger partial charge on any atom is -0.507 e. The van der Waals surface area contributed by atoms with Gasteiger partial charge in [0.1, 0.15) is 11.5 Å². The van der Waals surface area contributed by atoms with E-state index in [-0.39, 0.29) is 23.1 Å². The summed E-state index contributed by atoms with van der Waals surface area (Å²) in [4.78, 5) is 31.8. The fraction of sp³-hybridized carbons (Fsp3) is 0.308. The molecule has 2 amide bonds. The van der Waals surface area contributed by atoms with E-state index in [9.17, 15) is 14.7 Å². The lowest BCUT2D eigenvalue weighted by Gasteiger charge is -2.35. The van der Waals surface area contributed by atoms with Crippen molar-refractivity contribution >= 4 is 17.5 Å². The summed E-state index contributed by atoms with van der Waals surface area (Å²) in [5, 5.41) is 9.98. The first kappa shape index (κ1) is 21.1. The van der Waals surface area contributed by atoms with E-state index in [0.717, 1.165) is 6.42 Å². The Labute approximate surface area is 192 Å². The van der Waals surface area contributed by atoms with Gasteiger partial charge in [-0.05, 0) is 43.2 Å². The summed E-state index contributed by atoms with van der Waals surface area (Å²) < 4.78 is 5.75. The third-order valence-corrected chi connectivity index (χ3v) is 6.63. The average molecular weight is 446 g/mol. The van der Waals surface area contributed by atoms with Crippen LogP contribution in [-0.2, 0) is 13.0 Å². The topological polar surface area (TPSA) is 77.2 Å². The van der Waals surface area contributed by atoms with Crippen molar-refractivity contribution in [1.29, 1.82) is 0 Å². The van der Waals surface area contributed by atoms with E-state index in [1.165, 1.54) is 17.3 Å². The molecule has 170 valence electrons. The molecule has 3 heterocycles. The number of piperazine rings is 1. The molecule has 33 heavy (non-hydrogen) atoms. The highest BCUT2D eigenvalue weighted by Crippen LogP contribution is 2.34. The maximum atomic E-state index is 13.3. The van der Waals surface area contributed by atoms with Crippen LogP contribution in [0, 0.1) is 0 Å². The van der Waals surface area contributed by atoms with Crippen molar-refractivity contribution in [2.75, 3.05) is 31.1 Å². The van der Waals surface area contributed by atoms with E-state index in [4.69, 9.17) is 4.42 Å². The van der Waals surface area contributed by atoms with Crippen LogP contribution < -0.4 is 4.90 Å². The summed E-state index contributed by atoms with van der Waals surface area (Å²) in [5.41, 5.74) is 3.37. The average Bonchev–Trinajstić information content (AvgIpc) is 3.43. The van der Waals surface area contributed by atoms with Crippen molar-refractivity contribution < 1.29 is 19.1 Å². The van der Waals surface area contributed by atoms with E-state index >= 15 is 0 Å². The Morgan fingerprint density at radius 1 is 0.909 bits per heavy atom. The lowest BCUT2D eigenvalue weighted by Crippen LogP contribution is -2.50. The molecule has 0 spiro atoms. The molecule has 3 aromatic rings. The Balaban J connectivity index is 1.25. The number of hydrogen-bond donors (Lipinski definition) is 1. The van der Waals surface area contributed by atoms with Gasteiger partial charge in [-0.15, -0.1) is 0 Å². The van der Waals surface area contributed by atoms with Crippen molar-refractivity contribution in [2.45, 2.75) is 25.9 Å². The Morgan fingerprint density at radius 3 is 2.27 bits per heavy atom. The highest BCUT2D eigenvalue weighted by Gasteiger charge is 2.31. The number of benzene rings is 2.